The topological polar surface area (TPSA) is 186 Å². The van der Waals surface area contributed by atoms with E-state index in [0.29, 0.717) is 24.5 Å². The van der Waals surface area contributed by atoms with E-state index in [1.807, 2.05) is 71.6 Å². The Morgan fingerprint density at radius 1 is 0.826 bits per heavy atom. The van der Waals surface area contributed by atoms with Crippen molar-refractivity contribution in [2.75, 3.05) is 87.6 Å². The molecule has 2 heterocycles. The number of thiocarbonyl (C=S) groups is 1. The lowest BCUT2D eigenvalue weighted by Crippen LogP contribution is -2.60. The highest BCUT2D eigenvalue weighted by molar-refractivity contribution is 7.80. The number of hydrogen-bond acceptors (Lipinski definition) is 12. The molecule has 0 bridgehead atoms. The number of likely N-dealkylation sites (tertiary alicyclic amines) is 1. The van der Waals surface area contributed by atoms with Gasteiger partial charge in [-0.05, 0) is 42.6 Å². The summed E-state index contributed by atoms with van der Waals surface area (Å²) in [6.07, 6.45) is 4.72. The lowest BCUT2D eigenvalue weighted by Gasteiger charge is -2.41. The summed E-state index contributed by atoms with van der Waals surface area (Å²) in [5.74, 6) is -2.62. The Hall–Kier alpha value is -4.33. The average molecular weight is 987 g/mol. The Bertz CT molecular complexity index is 1820. The zero-order valence-corrected chi connectivity index (χ0v) is 43.9. The van der Waals surface area contributed by atoms with Crippen LogP contribution in [0.1, 0.15) is 86.1 Å². The number of amides is 6. The van der Waals surface area contributed by atoms with Crippen molar-refractivity contribution in [1.82, 2.24) is 30.2 Å². The molecule has 1 fully saturated rings. The first kappa shape index (κ1) is 59.0. The highest BCUT2D eigenvalue weighted by atomic mass is 32.1. The zero-order valence-electron chi connectivity index (χ0n) is 43.1. The molecule has 2 aliphatic rings. The van der Waals surface area contributed by atoms with Crippen LogP contribution in [0.15, 0.2) is 42.5 Å². The van der Waals surface area contributed by atoms with E-state index in [-0.39, 0.29) is 124 Å². The Morgan fingerprint density at radius 2 is 1.43 bits per heavy atom. The third kappa shape index (κ3) is 17.8. The van der Waals surface area contributed by atoms with Crippen molar-refractivity contribution < 1.29 is 52.5 Å². The van der Waals surface area contributed by atoms with Crippen LogP contribution < -0.4 is 10.6 Å². The van der Waals surface area contributed by atoms with Gasteiger partial charge in [-0.3, -0.25) is 33.7 Å². The molecule has 3 rings (SSSR count). The number of carbonyl (C=O) groups is 6. The number of methoxy groups -OCH3 is 2. The number of likely N-dealkylation sites (N-methyl/N-ethyl adjacent to an activating group) is 2. The van der Waals surface area contributed by atoms with Crippen LogP contribution in [0.3, 0.4) is 0 Å². The van der Waals surface area contributed by atoms with Crippen molar-refractivity contribution in [3.63, 3.8) is 0 Å². The highest BCUT2D eigenvalue weighted by Crippen LogP contribution is 2.30. The summed E-state index contributed by atoms with van der Waals surface area (Å²) < 4.78 is 28.7. The largest absolute Gasteiger partial charge is 0.379 e. The first-order valence-corrected chi connectivity index (χ1v) is 25.1. The number of hydrogen-bond donors (Lipinski definition) is 2. The molecule has 8 atom stereocenters. The average Bonchev–Trinajstić information content (AvgIpc) is 3.94. The van der Waals surface area contributed by atoms with Crippen molar-refractivity contribution in [1.29, 1.82) is 0 Å². The highest BCUT2D eigenvalue weighted by Gasteiger charge is 2.43. The van der Waals surface area contributed by atoms with Crippen LogP contribution in [0.25, 0.3) is 0 Å². The number of nitrogens with one attached hydrogen (secondary N) is 2. The van der Waals surface area contributed by atoms with Crippen molar-refractivity contribution >= 4 is 52.6 Å². The van der Waals surface area contributed by atoms with Crippen LogP contribution in [0, 0.1) is 23.7 Å². The Balaban J connectivity index is 1.56. The van der Waals surface area contributed by atoms with Gasteiger partial charge in [-0.15, -0.1) is 0 Å². The minimum absolute atomic E-state index is 0.0328. The zero-order chi connectivity index (χ0) is 51.2. The number of ether oxygens (including phenoxy) is 5. The van der Waals surface area contributed by atoms with Crippen LogP contribution in [0.2, 0.25) is 0 Å². The molecule has 6 amide bonds. The molecule has 1 aromatic carbocycles. The van der Waals surface area contributed by atoms with Crippen LogP contribution in [0.4, 0.5) is 0 Å². The van der Waals surface area contributed by atoms with Gasteiger partial charge in [0.25, 0.3) is 11.8 Å². The van der Waals surface area contributed by atoms with Gasteiger partial charge >= 0.3 is 0 Å². The smallest absolute Gasteiger partial charge is 0.253 e. The predicted octanol–water partition coefficient (Wildman–Crippen LogP) is 4.06. The Labute approximate surface area is 416 Å². The second-order valence-electron chi connectivity index (χ2n) is 18.8. The molecule has 17 nitrogen and oxygen atoms in total. The maximum absolute atomic E-state index is 14.6. The fourth-order valence-corrected chi connectivity index (χ4v) is 9.42. The minimum Gasteiger partial charge on any atom is -0.379 e. The van der Waals surface area contributed by atoms with E-state index in [9.17, 15) is 28.8 Å². The number of carbonyl (C=O) groups excluding carboxylic acids is 6. The molecule has 2 aliphatic heterocycles. The van der Waals surface area contributed by atoms with E-state index in [1.165, 1.54) is 22.6 Å². The first-order valence-electron chi connectivity index (χ1n) is 24.7. The van der Waals surface area contributed by atoms with E-state index in [1.54, 1.807) is 33.2 Å². The molecule has 0 aliphatic carbocycles. The summed E-state index contributed by atoms with van der Waals surface area (Å²) in [4.78, 5) is 86.4. The maximum atomic E-state index is 14.6. The lowest BCUT2D eigenvalue weighted by atomic mass is 9.89. The normalized spacial score (nSPS) is 18.0. The SMILES string of the molecule is CCC(C)C(C(CC(=O)N1CCC[C@H]1C(OC)C(C)C(=S)NCCc1ccccc1)OC)N(C)C(=O)C(NC(=O)C(C(C)C)N(C)C(=O)CCOCCOCCOCCN1C(=O)C=CC1=O)C(C)C. The molecule has 1 aromatic rings. The summed E-state index contributed by atoms with van der Waals surface area (Å²) >= 11 is 5.84. The van der Waals surface area contributed by atoms with E-state index in [0.717, 1.165) is 24.2 Å². The van der Waals surface area contributed by atoms with Crippen molar-refractivity contribution in [2.24, 2.45) is 23.7 Å². The van der Waals surface area contributed by atoms with E-state index in [4.69, 9.17) is 35.9 Å². The number of nitrogens with zero attached hydrogens (tertiary/aromatic N) is 4. The fourth-order valence-electron chi connectivity index (χ4n) is 9.18. The van der Waals surface area contributed by atoms with Gasteiger partial charge in [-0.1, -0.05) is 97.4 Å². The van der Waals surface area contributed by atoms with Gasteiger partial charge in [0.2, 0.25) is 23.6 Å². The molecular formula is C51H82N6O11S. The summed E-state index contributed by atoms with van der Waals surface area (Å²) in [6, 6.07) is 7.75. The Morgan fingerprint density at radius 3 is 2.00 bits per heavy atom. The Kier molecular flexibility index (Phi) is 26.0. The molecule has 7 unspecified atom stereocenters. The molecule has 2 N–H and O–H groups in total. The van der Waals surface area contributed by atoms with Crippen LogP contribution in [-0.2, 0) is 58.9 Å². The third-order valence-corrected chi connectivity index (χ3v) is 13.8. The predicted molar refractivity (Wildman–Crippen MR) is 268 cm³/mol. The maximum Gasteiger partial charge on any atom is 0.253 e. The minimum atomic E-state index is -0.923. The molecule has 0 aromatic heterocycles. The summed E-state index contributed by atoms with van der Waals surface area (Å²) in [5, 5.41) is 6.41. The van der Waals surface area contributed by atoms with E-state index < -0.39 is 30.1 Å². The van der Waals surface area contributed by atoms with Crippen molar-refractivity contribution in [3.05, 3.63) is 48.0 Å². The van der Waals surface area contributed by atoms with E-state index >= 15 is 0 Å². The summed E-state index contributed by atoms with van der Waals surface area (Å²) in [6.45, 7) is 16.4. The van der Waals surface area contributed by atoms with Gasteiger partial charge < -0.3 is 49.0 Å². The van der Waals surface area contributed by atoms with Gasteiger partial charge in [0, 0.05) is 59.5 Å². The lowest BCUT2D eigenvalue weighted by molar-refractivity contribution is -0.148. The molecular weight excluding hydrogens is 905 g/mol. The monoisotopic (exact) mass is 987 g/mol. The van der Waals surface area contributed by atoms with Gasteiger partial charge in [-0.2, -0.15) is 0 Å². The van der Waals surface area contributed by atoms with Gasteiger partial charge in [0.15, 0.2) is 0 Å². The number of rotatable bonds is 32. The summed E-state index contributed by atoms with van der Waals surface area (Å²) in [7, 11) is 6.53. The number of imide groups is 1. The standard InChI is InChI=1S/C51H82N6O11S/c1-12-36(6)47(40(64-10)33-44(61)56-25-16-19-39(56)48(65-11)37(7)50(69)52-24-22-38-17-14-13-15-18-38)55(9)51(63)45(34(2)3)53-49(62)46(35(4)5)54(8)41(58)23-27-66-29-31-68-32-30-67-28-26-57-42(59)20-21-43(57)60/h13-15,17-18,20-21,34-37,39-40,45-48H,12,16,19,22-33H2,1-11H3,(H,52,69)(H,53,62)/t36?,37?,39-,40?,45?,46?,47?,48?/m0/s1. The van der Waals surface area contributed by atoms with Crippen molar-refractivity contribution in [2.45, 2.75) is 123 Å². The molecule has 18 heteroatoms. The van der Waals surface area contributed by atoms with Gasteiger partial charge in [0.1, 0.15) is 12.1 Å². The second-order valence-corrected chi connectivity index (χ2v) is 19.2. The second kappa shape index (κ2) is 30.4. The van der Waals surface area contributed by atoms with Crippen molar-refractivity contribution in [3.8, 4) is 0 Å². The molecule has 388 valence electrons. The first-order chi connectivity index (χ1) is 32.9. The molecule has 1 saturated heterocycles. The fraction of sp³-hybridized carbons (Fsp3) is 0.706. The van der Waals surface area contributed by atoms with E-state index in [2.05, 4.69) is 22.8 Å². The van der Waals surface area contributed by atoms with Gasteiger partial charge in [-0.25, -0.2) is 0 Å². The molecule has 0 spiro atoms. The molecule has 0 radical (unpaired) electrons. The van der Waals surface area contributed by atoms with Gasteiger partial charge in [0.05, 0.1) is 88.3 Å². The molecule has 0 saturated carbocycles. The van der Waals surface area contributed by atoms with Crippen LogP contribution >= 0.6 is 12.2 Å². The third-order valence-electron chi connectivity index (χ3n) is 13.3. The van der Waals surface area contributed by atoms with Crippen LogP contribution in [-0.4, -0.2) is 184 Å². The quantitative estimate of drug-likeness (QED) is 0.0600. The number of benzene rings is 1. The molecule has 69 heavy (non-hydrogen) atoms. The van der Waals surface area contributed by atoms with Crippen LogP contribution in [0.5, 0.6) is 0 Å². The summed E-state index contributed by atoms with van der Waals surface area (Å²) in [5.41, 5.74) is 1.22.